The van der Waals surface area contributed by atoms with Crippen molar-refractivity contribution in [3.63, 3.8) is 0 Å². The second-order valence-electron chi connectivity index (χ2n) is 10.3. The maximum absolute atomic E-state index is 13.8. The fourth-order valence-electron chi connectivity index (χ4n) is 4.51. The van der Waals surface area contributed by atoms with Crippen LogP contribution >= 0.6 is 11.6 Å². The summed E-state index contributed by atoms with van der Waals surface area (Å²) >= 11 is 6.09. The maximum Gasteiger partial charge on any atom is 0.243 e. The van der Waals surface area contributed by atoms with E-state index in [1.165, 1.54) is 4.31 Å². The highest BCUT2D eigenvalue weighted by Gasteiger charge is 2.31. The predicted molar refractivity (Wildman–Crippen MR) is 162 cm³/mol. The number of rotatable bonds is 13. The van der Waals surface area contributed by atoms with Crippen molar-refractivity contribution in [1.82, 2.24) is 10.2 Å². The summed E-state index contributed by atoms with van der Waals surface area (Å²) in [6.07, 6.45) is 1.88. The zero-order valence-electron chi connectivity index (χ0n) is 23.5. The Morgan fingerprint density at radius 3 is 2.20 bits per heavy atom. The van der Waals surface area contributed by atoms with Gasteiger partial charge in [0.15, 0.2) is 0 Å². The number of hydrogen-bond donors (Lipinski definition) is 1. The summed E-state index contributed by atoms with van der Waals surface area (Å²) in [4.78, 5) is 28.9. The quantitative estimate of drug-likeness (QED) is 0.293. The molecule has 1 unspecified atom stereocenters. The molecule has 0 fully saturated rings. The van der Waals surface area contributed by atoms with Crippen LogP contribution in [0.2, 0.25) is 5.02 Å². The Labute approximate surface area is 243 Å². The molecule has 7 nitrogen and oxygen atoms in total. The molecule has 0 bridgehead atoms. The summed E-state index contributed by atoms with van der Waals surface area (Å²) in [5.41, 5.74) is 3.27. The lowest BCUT2D eigenvalue weighted by molar-refractivity contribution is -0.141. The number of nitrogens with zero attached hydrogens (tertiary/aromatic N) is 2. The largest absolute Gasteiger partial charge is 0.352 e. The first kappa shape index (κ1) is 31.2. The predicted octanol–water partition coefficient (Wildman–Crippen LogP) is 5.36. The Morgan fingerprint density at radius 2 is 1.60 bits per heavy atom. The van der Waals surface area contributed by atoms with Crippen LogP contribution in [0.1, 0.15) is 43.4 Å². The van der Waals surface area contributed by atoms with Crippen molar-refractivity contribution in [2.75, 3.05) is 17.1 Å². The minimum Gasteiger partial charge on any atom is -0.352 e. The van der Waals surface area contributed by atoms with Crippen molar-refractivity contribution in [3.8, 4) is 0 Å². The number of aryl methyl sites for hydroxylation is 1. The van der Waals surface area contributed by atoms with Gasteiger partial charge in [0.2, 0.25) is 21.8 Å². The number of carbonyl (C=O) groups excluding carboxylic acids is 2. The smallest absolute Gasteiger partial charge is 0.243 e. The molecule has 0 aliphatic heterocycles. The number of nitrogens with one attached hydrogen (secondary N) is 1. The van der Waals surface area contributed by atoms with Gasteiger partial charge in [-0.05, 0) is 68.1 Å². The van der Waals surface area contributed by atoms with E-state index in [0.29, 0.717) is 23.6 Å². The molecule has 0 aromatic heterocycles. The van der Waals surface area contributed by atoms with Crippen LogP contribution in [-0.4, -0.2) is 50.0 Å². The van der Waals surface area contributed by atoms with Crippen LogP contribution in [0.5, 0.6) is 0 Å². The molecule has 0 aliphatic carbocycles. The highest BCUT2D eigenvalue weighted by molar-refractivity contribution is 7.92. The van der Waals surface area contributed by atoms with E-state index in [4.69, 9.17) is 11.6 Å². The lowest BCUT2D eigenvalue weighted by atomic mass is 10.0. The highest BCUT2D eigenvalue weighted by atomic mass is 35.5. The van der Waals surface area contributed by atoms with E-state index in [1.807, 2.05) is 81.4 Å². The van der Waals surface area contributed by atoms with Crippen molar-refractivity contribution in [3.05, 3.63) is 101 Å². The molecule has 9 heteroatoms. The van der Waals surface area contributed by atoms with Gasteiger partial charge in [0.05, 0.1) is 11.9 Å². The van der Waals surface area contributed by atoms with Crippen LogP contribution < -0.4 is 9.62 Å². The van der Waals surface area contributed by atoms with Crippen LogP contribution in [0.25, 0.3) is 0 Å². The van der Waals surface area contributed by atoms with Gasteiger partial charge < -0.3 is 10.2 Å². The monoisotopic (exact) mass is 583 g/mol. The fraction of sp³-hybridized carbons (Fsp3) is 0.355. The number of anilines is 1. The van der Waals surface area contributed by atoms with Gasteiger partial charge in [-0.15, -0.1) is 0 Å². The Hall–Kier alpha value is -3.36. The van der Waals surface area contributed by atoms with E-state index in [2.05, 4.69) is 5.32 Å². The van der Waals surface area contributed by atoms with E-state index < -0.39 is 16.1 Å². The van der Waals surface area contributed by atoms with Crippen molar-refractivity contribution < 1.29 is 18.0 Å². The molecule has 0 aliphatic rings. The van der Waals surface area contributed by atoms with Gasteiger partial charge in [0, 0.05) is 37.0 Å². The first-order chi connectivity index (χ1) is 18.9. The first-order valence-electron chi connectivity index (χ1n) is 13.4. The number of benzene rings is 3. The molecule has 40 heavy (non-hydrogen) atoms. The minimum atomic E-state index is -3.56. The third kappa shape index (κ3) is 9.38. The highest BCUT2D eigenvalue weighted by Crippen LogP contribution is 2.21. The normalized spacial score (nSPS) is 12.2. The summed E-state index contributed by atoms with van der Waals surface area (Å²) < 4.78 is 26.5. The van der Waals surface area contributed by atoms with Crippen LogP contribution in [0.3, 0.4) is 0 Å². The summed E-state index contributed by atoms with van der Waals surface area (Å²) in [5.74, 6) is -0.467. The summed E-state index contributed by atoms with van der Waals surface area (Å²) in [7, 11) is -3.56. The molecular formula is C31H38ClN3O4S. The maximum atomic E-state index is 13.8. The molecule has 3 aromatic carbocycles. The molecule has 3 aromatic rings. The average molecular weight is 584 g/mol. The molecule has 1 N–H and O–H groups in total. The van der Waals surface area contributed by atoms with Crippen LogP contribution in [0.4, 0.5) is 5.69 Å². The lowest BCUT2D eigenvalue weighted by Gasteiger charge is -2.32. The summed E-state index contributed by atoms with van der Waals surface area (Å²) in [6.45, 7) is 6.02. The van der Waals surface area contributed by atoms with Crippen molar-refractivity contribution in [2.45, 2.75) is 58.7 Å². The number of carbonyl (C=O) groups is 2. The molecule has 0 radical (unpaired) electrons. The van der Waals surface area contributed by atoms with Gasteiger partial charge in [-0.25, -0.2) is 8.42 Å². The first-order valence-corrected chi connectivity index (χ1v) is 15.6. The molecule has 0 saturated heterocycles. The SMILES string of the molecule is Cc1cccc(N(CCCC(=O)N(Cc2ccc(Cl)cc2)C(Cc2ccccc2)C(=O)NC(C)C)S(C)(=O)=O)c1. The molecule has 2 amide bonds. The molecule has 1 atom stereocenters. The Morgan fingerprint density at radius 1 is 0.925 bits per heavy atom. The second kappa shape index (κ2) is 14.3. The van der Waals surface area contributed by atoms with Gasteiger partial charge in [0.25, 0.3) is 0 Å². The fourth-order valence-corrected chi connectivity index (χ4v) is 5.59. The molecule has 214 valence electrons. The number of amides is 2. The number of sulfonamides is 1. The second-order valence-corrected chi connectivity index (χ2v) is 12.6. The molecule has 3 rings (SSSR count). The average Bonchev–Trinajstić information content (AvgIpc) is 2.89. The van der Waals surface area contributed by atoms with Gasteiger partial charge in [0.1, 0.15) is 6.04 Å². The van der Waals surface area contributed by atoms with Crippen LogP contribution in [0, 0.1) is 6.92 Å². The van der Waals surface area contributed by atoms with E-state index in [0.717, 1.165) is 22.9 Å². The Bertz CT molecular complexity index is 1380. The van der Waals surface area contributed by atoms with Crippen molar-refractivity contribution in [1.29, 1.82) is 0 Å². The molecule has 0 spiro atoms. The summed E-state index contributed by atoms with van der Waals surface area (Å²) in [6, 6.07) is 23.2. The third-order valence-electron chi connectivity index (χ3n) is 6.41. The van der Waals surface area contributed by atoms with Crippen molar-refractivity contribution in [2.24, 2.45) is 0 Å². The Balaban J connectivity index is 1.87. The van der Waals surface area contributed by atoms with E-state index in [9.17, 15) is 18.0 Å². The van der Waals surface area contributed by atoms with Gasteiger partial charge >= 0.3 is 0 Å². The topological polar surface area (TPSA) is 86.8 Å². The van der Waals surface area contributed by atoms with Gasteiger partial charge in [-0.1, -0.05) is 66.2 Å². The van der Waals surface area contributed by atoms with Crippen molar-refractivity contribution >= 4 is 39.1 Å². The zero-order valence-corrected chi connectivity index (χ0v) is 25.1. The van der Waals surface area contributed by atoms with Crippen LogP contribution in [-0.2, 0) is 32.6 Å². The third-order valence-corrected chi connectivity index (χ3v) is 7.86. The summed E-state index contributed by atoms with van der Waals surface area (Å²) in [5, 5.41) is 3.55. The van der Waals surface area contributed by atoms with E-state index >= 15 is 0 Å². The Kier molecular flexibility index (Phi) is 11.2. The molecule has 0 heterocycles. The van der Waals surface area contributed by atoms with Gasteiger partial charge in [-0.2, -0.15) is 0 Å². The minimum absolute atomic E-state index is 0.0751. The number of halogens is 1. The standard InChI is InChI=1S/C31H38ClN3O4S/c1-23(2)33-31(37)29(21-25-11-6-5-7-12-25)34(22-26-15-17-27(32)18-16-26)30(36)14-9-19-35(40(4,38)39)28-13-8-10-24(3)20-28/h5-8,10-13,15-18,20,23,29H,9,14,19,21-22H2,1-4H3,(H,33,37). The molecule has 0 saturated carbocycles. The van der Waals surface area contributed by atoms with Crippen LogP contribution in [0.15, 0.2) is 78.9 Å². The van der Waals surface area contributed by atoms with E-state index in [1.54, 1.807) is 23.1 Å². The van der Waals surface area contributed by atoms with E-state index in [-0.39, 0.29) is 37.4 Å². The lowest BCUT2D eigenvalue weighted by Crippen LogP contribution is -2.51. The molecular weight excluding hydrogens is 546 g/mol. The number of hydrogen-bond acceptors (Lipinski definition) is 4. The zero-order chi connectivity index (χ0) is 29.3. The van der Waals surface area contributed by atoms with Gasteiger partial charge in [-0.3, -0.25) is 13.9 Å².